The summed E-state index contributed by atoms with van der Waals surface area (Å²) in [6, 6.07) is 33.1. The summed E-state index contributed by atoms with van der Waals surface area (Å²) < 4.78 is 0. The fourth-order valence-electron chi connectivity index (χ4n) is 3.55. The maximum atomic E-state index is 4.97. The Morgan fingerprint density at radius 3 is 1.77 bits per heavy atom. The lowest BCUT2D eigenvalue weighted by molar-refractivity contribution is 1.31. The first-order chi connectivity index (χ1) is 15.4. The standard InChI is InChI=1S/C28H21N3/c1-3-7-23(8-4-1)26-27(24-9-5-2-6-10-24)31-28(30-26)25-15-13-21(14-16-25)11-12-22-17-19-29-20-18-22/h1-20H,(H,30,31)/b12-11+. The molecule has 0 amide bonds. The molecule has 31 heavy (non-hydrogen) atoms. The van der Waals surface area contributed by atoms with Crippen LogP contribution >= 0.6 is 0 Å². The number of aromatic nitrogens is 3. The molecule has 0 unspecified atom stereocenters. The molecule has 0 atom stereocenters. The molecule has 1 N–H and O–H groups in total. The maximum Gasteiger partial charge on any atom is 0.138 e. The van der Waals surface area contributed by atoms with Gasteiger partial charge in [-0.25, -0.2) is 4.98 Å². The molecule has 3 heteroatoms. The monoisotopic (exact) mass is 399 g/mol. The molecule has 0 aliphatic rings. The first-order valence-corrected chi connectivity index (χ1v) is 10.3. The highest BCUT2D eigenvalue weighted by atomic mass is 14.9. The largest absolute Gasteiger partial charge is 0.337 e. The summed E-state index contributed by atoms with van der Waals surface area (Å²) in [5, 5.41) is 0. The molecule has 0 saturated carbocycles. The van der Waals surface area contributed by atoms with E-state index in [0.717, 1.165) is 45.0 Å². The van der Waals surface area contributed by atoms with E-state index >= 15 is 0 Å². The lowest BCUT2D eigenvalue weighted by Crippen LogP contribution is -1.82. The third kappa shape index (κ3) is 4.21. The number of nitrogens with one attached hydrogen (secondary N) is 1. The summed E-state index contributed by atoms with van der Waals surface area (Å²) in [6.07, 6.45) is 7.79. The second-order valence-corrected chi connectivity index (χ2v) is 7.28. The van der Waals surface area contributed by atoms with Crippen LogP contribution in [0.25, 0.3) is 46.1 Å². The molecule has 0 bridgehead atoms. The van der Waals surface area contributed by atoms with E-state index in [4.69, 9.17) is 4.98 Å². The van der Waals surface area contributed by atoms with Crippen LogP contribution in [0.15, 0.2) is 109 Å². The molecule has 0 aliphatic heterocycles. The molecule has 3 aromatic carbocycles. The molecular formula is C28H21N3. The van der Waals surface area contributed by atoms with E-state index in [2.05, 4.69) is 82.8 Å². The molecular weight excluding hydrogens is 378 g/mol. The zero-order valence-corrected chi connectivity index (χ0v) is 16.9. The van der Waals surface area contributed by atoms with Crippen molar-refractivity contribution < 1.29 is 0 Å². The number of benzene rings is 3. The first kappa shape index (κ1) is 18.8. The average Bonchev–Trinajstić information content (AvgIpc) is 3.30. The molecule has 5 aromatic rings. The lowest BCUT2D eigenvalue weighted by Gasteiger charge is -2.02. The molecule has 0 radical (unpaired) electrons. The lowest BCUT2D eigenvalue weighted by atomic mass is 10.1. The number of nitrogens with zero attached hydrogens (tertiary/aromatic N) is 2. The van der Waals surface area contributed by atoms with Crippen LogP contribution in [0, 0.1) is 0 Å². The van der Waals surface area contributed by atoms with E-state index in [9.17, 15) is 0 Å². The highest BCUT2D eigenvalue weighted by Gasteiger charge is 2.14. The van der Waals surface area contributed by atoms with Gasteiger partial charge in [0.1, 0.15) is 5.82 Å². The minimum absolute atomic E-state index is 0.863. The van der Waals surface area contributed by atoms with Crippen LogP contribution in [0.4, 0.5) is 0 Å². The fourth-order valence-corrected chi connectivity index (χ4v) is 3.55. The van der Waals surface area contributed by atoms with Crippen LogP contribution in [0.5, 0.6) is 0 Å². The van der Waals surface area contributed by atoms with Gasteiger partial charge in [0, 0.05) is 29.1 Å². The summed E-state index contributed by atoms with van der Waals surface area (Å²) in [4.78, 5) is 12.6. The predicted octanol–water partition coefficient (Wildman–Crippen LogP) is 6.98. The summed E-state index contributed by atoms with van der Waals surface area (Å²) >= 11 is 0. The summed E-state index contributed by atoms with van der Waals surface area (Å²) in [5.74, 6) is 0.863. The van der Waals surface area contributed by atoms with Crippen LogP contribution in [0.3, 0.4) is 0 Å². The number of imidazole rings is 1. The second kappa shape index (κ2) is 8.64. The Kier molecular flexibility index (Phi) is 5.23. The van der Waals surface area contributed by atoms with Gasteiger partial charge in [-0.05, 0) is 23.3 Å². The summed E-state index contributed by atoms with van der Waals surface area (Å²) in [5.41, 5.74) is 7.54. The Morgan fingerprint density at radius 1 is 0.548 bits per heavy atom. The van der Waals surface area contributed by atoms with Crippen molar-refractivity contribution in [2.24, 2.45) is 0 Å². The molecule has 0 fully saturated rings. The van der Waals surface area contributed by atoms with Crippen LogP contribution in [-0.2, 0) is 0 Å². The van der Waals surface area contributed by atoms with Crippen LogP contribution < -0.4 is 0 Å². The predicted molar refractivity (Wildman–Crippen MR) is 128 cm³/mol. The van der Waals surface area contributed by atoms with Crippen molar-refractivity contribution in [2.45, 2.75) is 0 Å². The molecule has 0 saturated heterocycles. The highest BCUT2D eigenvalue weighted by molar-refractivity contribution is 5.81. The molecule has 2 aromatic heterocycles. The number of aromatic amines is 1. The van der Waals surface area contributed by atoms with Gasteiger partial charge in [0.15, 0.2) is 0 Å². The van der Waals surface area contributed by atoms with Gasteiger partial charge in [0.2, 0.25) is 0 Å². The van der Waals surface area contributed by atoms with E-state index in [1.54, 1.807) is 12.4 Å². The minimum Gasteiger partial charge on any atom is -0.337 e. The van der Waals surface area contributed by atoms with E-state index < -0.39 is 0 Å². The van der Waals surface area contributed by atoms with Crippen molar-refractivity contribution in [3.63, 3.8) is 0 Å². The Balaban J connectivity index is 1.49. The highest BCUT2D eigenvalue weighted by Crippen LogP contribution is 2.33. The van der Waals surface area contributed by atoms with Crippen LogP contribution in [0.2, 0.25) is 0 Å². The Hall–Kier alpha value is -4.24. The first-order valence-electron chi connectivity index (χ1n) is 10.3. The second-order valence-electron chi connectivity index (χ2n) is 7.28. The van der Waals surface area contributed by atoms with E-state index in [1.165, 1.54) is 0 Å². The van der Waals surface area contributed by atoms with Gasteiger partial charge in [-0.1, -0.05) is 97.1 Å². The van der Waals surface area contributed by atoms with Crippen molar-refractivity contribution in [2.75, 3.05) is 0 Å². The topological polar surface area (TPSA) is 41.6 Å². The number of pyridine rings is 1. The third-order valence-corrected chi connectivity index (χ3v) is 5.17. The smallest absolute Gasteiger partial charge is 0.138 e. The third-order valence-electron chi connectivity index (χ3n) is 5.17. The molecule has 5 rings (SSSR count). The SMILES string of the molecule is C(=C\c1ccc(-c2nc(-c3ccccc3)c(-c3ccccc3)[nH]2)cc1)/c1ccncc1. The summed E-state index contributed by atoms with van der Waals surface area (Å²) in [7, 11) is 0. The number of H-pyrrole nitrogens is 1. The maximum absolute atomic E-state index is 4.97. The van der Waals surface area contributed by atoms with Gasteiger partial charge in [0.05, 0.1) is 11.4 Å². The molecule has 148 valence electrons. The van der Waals surface area contributed by atoms with E-state index in [0.29, 0.717) is 0 Å². The minimum atomic E-state index is 0.863. The molecule has 0 spiro atoms. The quantitative estimate of drug-likeness (QED) is 0.346. The number of hydrogen-bond donors (Lipinski definition) is 1. The van der Waals surface area contributed by atoms with Crippen molar-refractivity contribution in [1.29, 1.82) is 0 Å². The van der Waals surface area contributed by atoms with E-state index in [1.807, 2.05) is 36.4 Å². The summed E-state index contributed by atoms with van der Waals surface area (Å²) in [6.45, 7) is 0. The fraction of sp³-hybridized carbons (Fsp3) is 0. The Morgan fingerprint density at radius 2 is 1.13 bits per heavy atom. The van der Waals surface area contributed by atoms with Gasteiger partial charge >= 0.3 is 0 Å². The zero-order chi connectivity index (χ0) is 20.9. The van der Waals surface area contributed by atoms with Crippen molar-refractivity contribution >= 4 is 12.2 Å². The Bertz CT molecular complexity index is 1230. The van der Waals surface area contributed by atoms with Gasteiger partial charge in [-0.3, -0.25) is 4.98 Å². The number of hydrogen-bond acceptors (Lipinski definition) is 2. The molecule has 2 heterocycles. The van der Waals surface area contributed by atoms with Crippen LogP contribution in [0.1, 0.15) is 11.1 Å². The van der Waals surface area contributed by atoms with E-state index in [-0.39, 0.29) is 0 Å². The van der Waals surface area contributed by atoms with Gasteiger partial charge in [0.25, 0.3) is 0 Å². The Labute approximate surface area is 181 Å². The van der Waals surface area contributed by atoms with Gasteiger partial charge in [-0.2, -0.15) is 0 Å². The van der Waals surface area contributed by atoms with Crippen molar-refractivity contribution in [3.05, 3.63) is 121 Å². The van der Waals surface area contributed by atoms with Crippen molar-refractivity contribution in [1.82, 2.24) is 15.0 Å². The average molecular weight is 399 g/mol. The molecule has 3 nitrogen and oxygen atoms in total. The molecule has 0 aliphatic carbocycles. The van der Waals surface area contributed by atoms with Gasteiger partial charge < -0.3 is 4.98 Å². The zero-order valence-electron chi connectivity index (χ0n) is 16.9. The number of rotatable bonds is 5. The normalized spacial score (nSPS) is 11.1. The van der Waals surface area contributed by atoms with Crippen molar-refractivity contribution in [3.8, 4) is 33.9 Å². The van der Waals surface area contributed by atoms with Gasteiger partial charge in [-0.15, -0.1) is 0 Å². The van der Waals surface area contributed by atoms with Crippen LogP contribution in [-0.4, -0.2) is 15.0 Å².